The number of ether oxygens (including phenoxy) is 2. The molecule has 3 atom stereocenters. The van der Waals surface area contributed by atoms with Crippen molar-refractivity contribution in [3.63, 3.8) is 0 Å². The Kier molecular flexibility index (Phi) is 16.3. The maximum atomic E-state index is 11.9. The molecule has 1 aromatic carbocycles. The van der Waals surface area contributed by atoms with Crippen molar-refractivity contribution in [2.45, 2.75) is 87.8 Å². The van der Waals surface area contributed by atoms with Crippen molar-refractivity contribution in [1.29, 1.82) is 0 Å². The molecule has 0 spiro atoms. The van der Waals surface area contributed by atoms with Crippen molar-refractivity contribution < 1.29 is 19.1 Å². The van der Waals surface area contributed by atoms with Crippen LogP contribution >= 0.6 is 11.8 Å². The summed E-state index contributed by atoms with van der Waals surface area (Å²) in [5.74, 6) is 1.82. The highest BCUT2D eigenvalue weighted by molar-refractivity contribution is 7.98. The molecule has 0 aromatic heterocycles. The number of hydrogen-bond acceptors (Lipinski definition) is 5. The van der Waals surface area contributed by atoms with Crippen molar-refractivity contribution in [3.8, 4) is 5.75 Å². The van der Waals surface area contributed by atoms with Gasteiger partial charge in [-0.25, -0.2) is 0 Å². The number of amides is 1. The largest absolute Gasteiger partial charge is 0.491 e. The lowest BCUT2D eigenvalue weighted by atomic mass is 10.1. The zero-order valence-electron chi connectivity index (χ0n) is 21.1. The van der Waals surface area contributed by atoms with Gasteiger partial charge < -0.3 is 14.8 Å². The van der Waals surface area contributed by atoms with Crippen molar-refractivity contribution in [1.82, 2.24) is 5.32 Å². The minimum atomic E-state index is -0.347. The number of esters is 1. The number of para-hydroxylation sites is 1. The van der Waals surface area contributed by atoms with E-state index in [0.29, 0.717) is 6.61 Å². The van der Waals surface area contributed by atoms with Crippen LogP contribution in [0.15, 0.2) is 18.2 Å². The van der Waals surface area contributed by atoms with Crippen molar-refractivity contribution in [2.75, 3.05) is 18.6 Å². The molecule has 0 aliphatic carbocycles. The van der Waals surface area contributed by atoms with Gasteiger partial charge in [-0.2, -0.15) is 11.8 Å². The Balaban J connectivity index is 0. The molecule has 0 aliphatic heterocycles. The Hall–Kier alpha value is -1.69. The third kappa shape index (κ3) is 13.7. The van der Waals surface area contributed by atoms with E-state index in [2.05, 4.69) is 5.32 Å². The molecule has 3 unspecified atom stereocenters. The van der Waals surface area contributed by atoms with Crippen molar-refractivity contribution in [3.05, 3.63) is 29.3 Å². The first-order chi connectivity index (χ1) is 14.3. The summed E-state index contributed by atoms with van der Waals surface area (Å²) in [7, 11) is 0. The number of nitrogens with one attached hydrogen (secondary N) is 1. The van der Waals surface area contributed by atoms with Gasteiger partial charge in [0.2, 0.25) is 5.91 Å². The molecule has 0 fully saturated rings. The molecule has 0 aliphatic rings. The summed E-state index contributed by atoms with van der Waals surface area (Å²) >= 11 is 1.69. The summed E-state index contributed by atoms with van der Waals surface area (Å²) in [5.41, 5.74) is 1.90. The second-order valence-electron chi connectivity index (χ2n) is 9.14. The van der Waals surface area contributed by atoms with E-state index in [-0.39, 0.29) is 42.8 Å². The van der Waals surface area contributed by atoms with Gasteiger partial charge in [0.25, 0.3) is 0 Å². The van der Waals surface area contributed by atoms with E-state index in [4.69, 9.17) is 9.47 Å². The quantitative estimate of drug-likeness (QED) is 0.436. The molecule has 1 rings (SSSR count). The van der Waals surface area contributed by atoms with Crippen LogP contribution < -0.4 is 10.1 Å². The van der Waals surface area contributed by atoms with Crippen LogP contribution in [0.5, 0.6) is 5.75 Å². The topological polar surface area (TPSA) is 64.6 Å². The third-order valence-electron chi connectivity index (χ3n) is 4.56. The fourth-order valence-corrected chi connectivity index (χ4v) is 3.21. The van der Waals surface area contributed by atoms with Crippen molar-refractivity contribution in [2.24, 2.45) is 11.8 Å². The van der Waals surface area contributed by atoms with Crippen LogP contribution in [0.3, 0.4) is 0 Å². The monoisotopic (exact) mass is 469 g/mol. The predicted octanol–water partition coefficient (Wildman–Crippen LogP) is 6.20. The van der Waals surface area contributed by atoms with Gasteiger partial charge in [0.05, 0.1) is 12.0 Å². The lowest BCUT2D eigenvalue weighted by Gasteiger charge is -2.21. The number of carbonyl (C=O) groups is 2. The fourth-order valence-electron chi connectivity index (χ4n) is 2.56. The average Bonchev–Trinajstić information content (AvgIpc) is 2.66. The molecule has 1 aromatic rings. The second-order valence-corrected chi connectivity index (χ2v) is 10.1. The van der Waals surface area contributed by atoms with E-state index >= 15 is 0 Å². The third-order valence-corrected chi connectivity index (χ3v) is 5.39. The smallest absolute Gasteiger partial charge is 0.309 e. The molecule has 1 amide bonds. The lowest BCUT2D eigenvalue weighted by molar-refractivity contribution is -0.159. The van der Waals surface area contributed by atoms with Crippen LogP contribution in [0.4, 0.5) is 0 Å². The first kappa shape index (κ1) is 32.5. The first-order valence-corrected chi connectivity index (χ1v) is 12.4. The number of aryl methyl sites for hydroxylation is 2. The van der Waals surface area contributed by atoms with E-state index in [9.17, 15) is 9.59 Å². The van der Waals surface area contributed by atoms with Crippen molar-refractivity contribution >= 4 is 23.6 Å². The normalized spacial score (nSPS) is 13.4. The Bertz CT molecular complexity index is 665. The van der Waals surface area contributed by atoms with E-state index < -0.39 is 0 Å². The van der Waals surface area contributed by atoms with Crippen LogP contribution in [0.1, 0.15) is 73.4 Å². The van der Waals surface area contributed by atoms with Crippen LogP contribution in [-0.2, 0) is 14.3 Å². The fraction of sp³-hybridized carbons (Fsp3) is 0.692. The zero-order valence-corrected chi connectivity index (χ0v) is 21.9. The van der Waals surface area contributed by atoms with Gasteiger partial charge in [-0.15, -0.1) is 0 Å². The molecule has 32 heavy (non-hydrogen) atoms. The molecule has 5 nitrogen and oxygen atoms in total. The highest BCUT2D eigenvalue weighted by Gasteiger charge is 2.20. The summed E-state index contributed by atoms with van der Waals surface area (Å²) in [4.78, 5) is 23.1. The zero-order chi connectivity index (χ0) is 24.2. The Morgan fingerprint density at radius 2 is 1.59 bits per heavy atom. The summed E-state index contributed by atoms with van der Waals surface area (Å²) in [6.07, 6.45) is 2.85. The van der Waals surface area contributed by atoms with Gasteiger partial charge in [0.1, 0.15) is 18.0 Å². The van der Waals surface area contributed by atoms with E-state index in [0.717, 1.165) is 29.1 Å². The molecule has 1 N–H and O–H groups in total. The number of benzene rings is 1. The van der Waals surface area contributed by atoms with Crippen LogP contribution in [-0.4, -0.2) is 42.1 Å². The Morgan fingerprint density at radius 1 is 1.06 bits per heavy atom. The Labute approximate surface area is 201 Å². The molecule has 0 saturated carbocycles. The number of thioether (sulfide) groups is 1. The molecule has 0 radical (unpaired) electrons. The SMILES string of the molecule is C.CCC(C)C(=O)OC(C)(C)C.CSCC(C)C(=O)NC(C)COc1c(C)cccc1C. The minimum absolute atomic E-state index is 0. The number of hydrogen-bond donors (Lipinski definition) is 1. The lowest BCUT2D eigenvalue weighted by Crippen LogP contribution is -2.40. The summed E-state index contributed by atoms with van der Waals surface area (Å²) in [6.45, 7) is 18.0. The minimum Gasteiger partial charge on any atom is -0.491 e. The van der Waals surface area contributed by atoms with Gasteiger partial charge in [0, 0.05) is 11.7 Å². The van der Waals surface area contributed by atoms with E-state index in [1.807, 2.05) is 86.8 Å². The Morgan fingerprint density at radius 3 is 2.03 bits per heavy atom. The number of rotatable bonds is 9. The molecular weight excluding hydrogens is 422 g/mol. The van der Waals surface area contributed by atoms with Crippen LogP contribution in [0, 0.1) is 25.7 Å². The standard InChI is InChI=1S/C16H25NO2S.C9H18O2.CH4/c1-11-7-6-8-12(2)15(11)19-9-14(4)17-16(18)13(3)10-20-5;1-6-7(2)8(10)11-9(3,4)5;/h6-8,13-14H,9-10H2,1-5H3,(H,17,18);7H,6H2,1-5H3;1H4. The summed E-state index contributed by atoms with van der Waals surface area (Å²) < 4.78 is 11.0. The summed E-state index contributed by atoms with van der Waals surface area (Å²) in [6, 6.07) is 6.09. The van der Waals surface area contributed by atoms with Gasteiger partial charge in [0.15, 0.2) is 0 Å². The maximum Gasteiger partial charge on any atom is 0.309 e. The molecule has 0 bridgehead atoms. The molecule has 6 heteroatoms. The van der Waals surface area contributed by atoms with E-state index in [1.54, 1.807) is 11.8 Å². The molecule has 0 heterocycles. The highest BCUT2D eigenvalue weighted by Crippen LogP contribution is 2.22. The second kappa shape index (κ2) is 16.0. The maximum absolute atomic E-state index is 11.9. The van der Waals surface area contributed by atoms with Gasteiger partial charge in [-0.1, -0.05) is 46.4 Å². The highest BCUT2D eigenvalue weighted by atomic mass is 32.2. The van der Waals surface area contributed by atoms with Gasteiger partial charge in [-0.3, -0.25) is 9.59 Å². The molecular formula is C26H47NO4S. The van der Waals surface area contributed by atoms with Gasteiger partial charge in [-0.05, 0) is 65.3 Å². The predicted molar refractivity (Wildman–Crippen MR) is 139 cm³/mol. The van der Waals surface area contributed by atoms with Crippen LogP contribution in [0.25, 0.3) is 0 Å². The first-order valence-electron chi connectivity index (χ1n) is 11.0. The molecule has 0 saturated heterocycles. The van der Waals surface area contributed by atoms with Crippen LogP contribution in [0.2, 0.25) is 0 Å². The summed E-state index contributed by atoms with van der Waals surface area (Å²) in [5, 5.41) is 3.00. The average molecular weight is 470 g/mol. The van der Waals surface area contributed by atoms with E-state index in [1.165, 1.54) is 0 Å². The number of carbonyl (C=O) groups excluding carboxylic acids is 2. The van der Waals surface area contributed by atoms with Gasteiger partial charge >= 0.3 is 5.97 Å². The molecule has 186 valence electrons.